The summed E-state index contributed by atoms with van der Waals surface area (Å²) >= 11 is 0. The number of carbonyl (C=O) groups is 4. The van der Waals surface area contributed by atoms with Gasteiger partial charge in [-0.25, -0.2) is 9.13 Å². The van der Waals surface area contributed by atoms with Gasteiger partial charge in [-0.3, -0.25) is 37.3 Å². The predicted octanol–water partition coefficient (Wildman–Crippen LogP) is 23.3. The Hall–Kier alpha value is -4.28. The Labute approximate surface area is 619 Å². The van der Waals surface area contributed by atoms with Gasteiger partial charge in [0.25, 0.3) is 0 Å². The number of aliphatic hydroxyl groups is 1. The molecule has 5 atom stereocenters. The summed E-state index contributed by atoms with van der Waals surface area (Å²) in [6.07, 6.45) is 80.6. The first-order valence-electron chi connectivity index (χ1n) is 40.1. The Bertz CT molecular complexity index is 2360. The molecule has 0 saturated heterocycles. The molecule has 0 aromatic rings. The van der Waals surface area contributed by atoms with Gasteiger partial charge < -0.3 is 33.8 Å². The van der Waals surface area contributed by atoms with Gasteiger partial charge in [0, 0.05) is 25.7 Å². The van der Waals surface area contributed by atoms with Gasteiger partial charge >= 0.3 is 39.5 Å². The summed E-state index contributed by atoms with van der Waals surface area (Å²) < 4.78 is 68.6. The molecule has 0 aliphatic carbocycles. The van der Waals surface area contributed by atoms with Crippen LogP contribution in [0.15, 0.2) is 109 Å². The maximum Gasteiger partial charge on any atom is 0.472 e. The Morgan fingerprint density at radius 1 is 0.284 bits per heavy atom. The molecule has 3 N–H and O–H groups in total. The summed E-state index contributed by atoms with van der Waals surface area (Å²) in [6.45, 7) is 4.67. The topological polar surface area (TPSA) is 237 Å². The van der Waals surface area contributed by atoms with Crippen molar-refractivity contribution >= 4 is 39.5 Å². The van der Waals surface area contributed by atoms with Gasteiger partial charge in [-0.2, -0.15) is 0 Å². The van der Waals surface area contributed by atoms with E-state index in [0.29, 0.717) is 25.7 Å². The van der Waals surface area contributed by atoms with Gasteiger partial charge in [0.1, 0.15) is 19.3 Å². The summed E-state index contributed by atoms with van der Waals surface area (Å²) in [6, 6.07) is 0. The molecule has 588 valence electrons. The minimum Gasteiger partial charge on any atom is -0.462 e. The lowest BCUT2D eigenvalue weighted by Gasteiger charge is -2.21. The van der Waals surface area contributed by atoms with E-state index in [1.165, 1.54) is 89.9 Å². The molecule has 0 heterocycles. The highest BCUT2D eigenvalue weighted by Gasteiger charge is 2.30. The molecule has 5 unspecified atom stereocenters. The number of aliphatic hydroxyl groups excluding tert-OH is 1. The molecule has 17 nitrogen and oxygen atoms in total. The molecule has 0 rings (SSSR count). The van der Waals surface area contributed by atoms with Gasteiger partial charge in [-0.15, -0.1) is 0 Å². The first kappa shape index (κ1) is 97.7. The normalized spacial score (nSPS) is 14.5. The lowest BCUT2D eigenvalue weighted by Crippen LogP contribution is -2.30. The molecule has 0 fully saturated rings. The fraction of sp³-hybridized carbons (Fsp3) is 0.735. The molecule has 0 aromatic carbocycles. The van der Waals surface area contributed by atoms with Crippen LogP contribution in [-0.2, 0) is 65.4 Å². The third kappa shape index (κ3) is 74.0. The molecule has 0 radical (unpaired) electrons. The van der Waals surface area contributed by atoms with Crippen LogP contribution in [0.5, 0.6) is 0 Å². The van der Waals surface area contributed by atoms with E-state index in [9.17, 15) is 43.2 Å². The lowest BCUT2D eigenvalue weighted by atomic mass is 10.0. The van der Waals surface area contributed by atoms with Gasteiger partial charge in [0.05, 0.1) is 26.4 Å². The number of carbonyl (C=O) groups excluding carboxylic acids is 4. The largest absolute Gasteiger partial charge is 0.472 e. The highest BCUT2D eigenvalue weighted by molar-refractivity contribution is 7.47. The number of esters is 4. The number of ether oxygens (including phenoxy) is 4. The van der Waals surface area contributed by atoms with Gasteiger partial charge in [0.15, 0.2) is 12.2 Å². The van der Waals surface area contributed by atoms with Crippen LogP contribution in [0.25, 0.3) is 0 Å². The fourth-order valence-corrected chi connectivity index (χ4v) is 12.2. The molecule has 0 spiro atoms. The molecule has 0 amide bonds. The van der Waals surface area contributed by atoms with Gasteiger partial charge in [-0.05, 0) is 135 Å². The number of hydrogen-bond donors (Lipinski definition) is 3. The summed E-state index contributed by atoms with van der Waals surface area (Å²) in [4.78, 5) is 73.0. The maximum atomic E-state index is 13.1. The third-order valence-corrected chi connectivity index (χ3v) is 18.6. The van der Waals surface area contributed by atoms with Gasteiger partial charge in [0.2, 0.25) is 0 Å². The van der Waals surface area contributed by atoms with Crippen molar-refractivity contribution in [3.63, 3.8) is 0 Å². The first-order chi connectivity index (χ1) is 49.7. The van der Waals surface area contributed by atoms with Crippen LogP contribution < -0.4 is 0 Å². The second-order valence-electron chi connectivity index (χ2n) is 26.6. The number of phosphoric acid groups is 2. The van der Waals surface area contributed by atoms with Crippen LogP contribution in [0, 0.1) is 0 Å². The van der Waals surface area contributed by atoms with Crippen molar-refractivity contribution in [1.29, 1.82) is 0 Å². The SMILES string of the molecule is CC/C=C\C/C=C\C/C=C\C/C=C\C/C=C\CCCCCC(=O)OCC(COP(=O)(O)OCC(O)COP(=O)(O)OCC(COC(=O)CCCCCCC/C=C\C/C=C\CCCCC)OC(=O)CCCCCCCCCCCCCCC)OC(=O)CCCCCCC/C=C\C/C=C\CCCCC. The van der Waals surface area contributed by atoms with E-state index in [0.717, 1.165) is 167 Å². The average molecular weight is 1480 g/mol. The zero-order valence-corrected chi connectivity index (χ0v) is 66.0. The minimum atomic E-state index is -4.99. The van der Waals surface area contributed by atoms with E-state index in [1.807, 2.05) is 0 Å². The summed E-state index contributed by atoms with van der Waals surface area (Å²) in [5.74, 6) is -2.23. The van der Waals surface area contributed by atoms with E-state index in [-0.39, 0.29) is 25.7 Å². The monoisotopic (exact) mass is 1470 g/mol. The van der Waals surface area contributed by atoms with Crippen LogP contribution in [0.4, 0.5) is 0 Å². The van der Waals surface area contributed by atoms with Crippen molar-refractivity contribution in [3.05, 3.63) is 109 Å². The standard InChI is InChI=1S/C83H144O17P2/c1-5-9-13-17-21-25-29-33-36-37-38-39-42-45-48-52-56-60-64-68-81(86)94-74-79(100-83(88)70-66-62-58-54-50-46-41-35-31-27-23-19-15-11-7-3)76-98-102(91,92)96-72-77(84)71-95-101(89,90)97-75-78(99-82(87)69-65-61-57-53-49-43-32-28-24-20-16-12-8-4)73-93-80(85)67-63-59-55-51-47-44-40-34-30-26-22-18-14-10-6-2/h9,13,21-23,25-27,33-36,38-41,45,48,77-79,84H,5-8,10-12,14-20,24,28-32,37,42-44,46-47,49-76H2,1-4H3,(H,89,90)(H,91,92)/b13-9-,25-21-,26-22-,27-23-,36-33-,39-38-,40-34-,41-35-,48-45-. The molecule has 0 bridgehead atoms. The number of hydrogen-bond acceptors (Lipinski definition) is 15. The molecule has 0 saturated carbocycles. The van der Waals surface area contributed by atoms with Crippen molar-refractivity contribution in [2.75, 3.05) is 39.6 Å². The summed E-state index contributed by atoms with van der Waals surface area (Å²) in [5.41, 5.74) is 0. The minimum absolute atomic E-state index is 0.0702. The lowest BCUT2D eigenvalue weighted by molar-refractivity contribution is -0.161. The second-order valence-corrected chi connectivity index (χ2v) is 29.5. The van der Waals surface area contributed by atoms with Crippen molar-refractivity contribution in [1.82, 2.24) is 0 Å². The van der Waals surface area contributed by atoms with Crippen molar-refractivity contribution in [3.8, 4) is 0 Å². The molecule has 0 aliphatic heterocycles. The Kier molecular flexibility index (Phi) is 71.8. The summed E-state index contributed by atoms with van der Waals surface area (Å²) in [7, 11) is -9.97. The van der Waals surface area contributed by atoms with E-state index >= 15 is 0 Å². The van der Waals surface area contributed by atoms with E-state index < -0.39 is 97.5 Å². The number of allylic oxidation sites excluding steroid dienone is 18. The molecular formula is C83H144O17P2. The van der Waals surface area contributed by atoms with Crippen LogP contribution in [-0.4, -0.2) is 96.7 Å². The third-order valence-electron chi connectivity index (χ3n) is 16.7. The Morgan fingerprint density at radius 3 is 0.814 bits per heavy atom. The van der Waals surface area contributed by atoms with Crippen molar-refractivity contribution < 1.29 is 80.2 Å². The Balaban J connectivity index is 5.39. The zero-order valence-electron chi connectivity index (χ0n) is 64.3. The van der Waals surface area contributed by atoms with Crippen LogP contribution >= 0.6 is 15.6 Å². The molecule has 0 aliphatic rings. The summed E-state index contributed by atoms with van der Waals surface area (Å²) in [5, 5.41) is 10.6. The fourth-order valence-electron chi connectivity index (χ4n) is 10.6. The first-order valence-corrected chi connectivity index (χ1v) is 43.1. The maximum absolute atomic E-state index is 13.1. The molecule has 19 heteroatoms. The molecular weight excluding hydrogens is 1330 g/mol. The van der Waals surface area contributed by atoms with Crippen molar-refractivity contribution in [2.45, 2.75) is 354 Å². The quantitative estimate of drug-likeness (QED) is 0.0169. The van der Waals surface area contributed by atoms with Gasteiger partial charge in [-0.1, -0.05) is 285 Å². The molecule has 0 aromatic heterocycles. The smallest absolute Gasteiger partial charge is 0.462 e. The van der Waals surface area contributed by atoms with E-state index in [4.69, 9.17) is 37.0 Å². The average Bonchev–Trinajstić information content (AvgIpc) is 0.924. The molecule has 102 heavy (non-hydrogen) atoms. The number of phosphoric ester groups is 2. The van der Waals surface area contributed by atoms with Crippen LogP contribution in [0.3, 0.4) is 0 Å². The highest BCUT2D eigenvalue weighted by Crippen LogP contribution is 2.45. The second kappa shape index (κ2) is 75.0. The number of rotatable bonds is 75. The van der Waals surface area contributed by atoms with E-state index in [2.05, 4.69) is 137 Å². The zero-order chi connectivity index (χ0) is 74.6. The van der Waals surface area contributed by atoms with Crippen molar-refractivity contribution in [2.24, 2.45) is 0 Å². The number of unbranched alkanes of at least 4 members (excludes halogenated alkanes) is 31. The predicted molar refractivity (Wildman–Crippen MR) is 418 cm³/mol. The Morgan fingerprint density at radius 2 is 0.510 bits per heavy atom. The van der Waals surface area contributed by atoms with E-state index in [1.54, 1.807) is 0 Å². The van der Waals surface area contributed by atoms with Crippen LogP contribution in [0.1, 0.15) is 336 Å². The van der Waals surface area contributed by atoms with Crippen LogP contribution in [0.2, 0.25) is 0 Å². The highest BCUT2D eigenvalue weighted by atomic mass is 31.2.